The largest absolute Gasteiger partial charge is 0.310 e. The fraction of sp³-hybridized carbons (Fsp3) is 0.364. The van der Waals surface area contributed by atoms with Crippen LogP contribution < -0.4 is 5.32 Å². The fourth-order valence-electron chi connectivity index (χ4n) is 2.34. The molecule has 2 N–H and O–H groups in total. The van der Waals surface area contributed by atoms with Crippen molar-refractivity contribution in [1.82, 2.24) is 25.9 Å². The summed E-state index contributed by atoms with van der Waals surface area (Å²) in [7, 11) is 0. The Morgan fingerprint density at radius 1 is 1.38 bits per heavy atom. The van der Waals surface area contributed by atoms with Crippen molar-refractivity contribution >= 4 is 0 Å². The zero-order valence-corrected chi connectivity index (χ0v) is 9.07. The fourth-order valence-corrected chi connectivity index (χ4v) is 2.34. The smallest absolute Gasteiger partial charge is 0.205 e. The summed E-state index contributed by atoms with van der Waals surface area (Å²) < 4.78 is 0. The molecule has 5 heteroatoms. The number of hydrogen-bond donors (Lipinski definition) is 2. The van der Waals surface area contributed by atoms with Gasteiger partial charge in [-0.3, -0.25) is 0 Å². The molecule has 0 saturated carbocycles. The van der Waals surface area contributed by atoms with E-state index in [0.29, 0.717) is 11.9 Å². The molecule has 1 unspecified atom stereocenters. The van der Waals surface area contributed by atoms with Crippen molar-refractivity contribution < 1.29 is 0 Å². The minimum Gasteiger partial charge on any atom is -0.310 e. The Morgan fingerprint density at radius 3 is 3.12 bits per heavy atom. The summed E-state index contributed by atoms with van der Waals surface area (Å²) in [5, 5.41) is 17.7. The number of fused-ring (bicyclic) bond motifs is 1. The van der Waals surface area contributed by atoms with Gasteiger partial charge in [0.2, 0.25) is 5.82 Å². The lowest BCUT2D eigenvalue weighted by molar-refractivity contribution is 0.542. The van der Waals surface area contributed by atoms with E-state index in [-0.39, 0.29) is 0 Å². The molecule has 1 atom stereocenters. The molecule has 0 fully saturated rings. The summed E-state index contributed by atoms with van der Waals surface area (Å²) in [6, 6.07) is 6.63. The molecular formula is C11H13N5. The van der Waals surface area contributed by atoms with Gasteiger partial charge in [0.15, 0.2) is 0 Å². The van der Waals surface area contributed by atoms with Crippen molar-refractivity contribution in [3.8, 4) is 11.4 Å². The predicted octanol–water partition coefficient (Wildman–Crippen LogP) is 1.07. The second kappa shape index (κ2) is 3.68. The van der Waals surface area contributed by atoms with Crippen LogP contribution in [0.5, 0.6) is 0 Å². The highest BCUT2D eigenvalue weighted by Gasteiger charge is 2.21. The van der Waals surface area contributed by atoms with Crippen molar-refractivity contribution in [2.45, 2.75) is 19.4 Å². The molecule has 0 radical (unpaired) electrons. The van der Waals surface area contributed by atoms with Crippen LogP contribution in [0.4, 0.5) is 0 Å². The first-order chi connectivity index (χ1) is 7.86. The Kier molecular flexibility index (Phi) is 2.18. The highest BCUT2D eigenvalue weighted by Crippen LogP contribution is 2.31. The summed E-state index contributed by atoms with van der Waals surface area (Å²) >= 11 is 0. The van der Waals surface area contributed by atoms with Crippen LogP contribution in [0.3, 0.4) is 0 Å². The number of hydrogen-bond acceptors (Lipinski definition) is 4. The molecule has 1 aromatic carbocycles. The highest BCUT2D eigenvalue weighted by atomic mass is 15.5. The quantitative estimate of drug-likeness (QED) is 0.746. The Hall–Kier alpha value is -1.75. The van der Waals surface area contributed by atoms with Crippen LogP contribution in [0.2, 0.25) is 0 Å². The maximum Gasteiger partial charge on any atom is 0.205 e. The van der Waals surface area contributed by atoms with E-state index in [2.05, 4.69) is 45.0 Å². The molecule has 0 amide bonds. The zero-order valence-electron chi connectivity index (χ0n) is 9.07. The predicted molar refractivity (Wildman–Crippen MR) is 59.7 cm³/mol. The highest BCUT2D eigenvalue weighted by molar-refractivity contribution is 5.63. The topological polar surface area (TPSA) is 66.5 Å². The first-order valence-corrected chi connectivity index (χ1v) is 5.45. The van der Waals surface area contributed by atoms with E-state index in [1.807, 2.05) is 6.07 Å². The number of H-pyrrole nitrogens is 1. The van der Waals surface area contributed by atoms with E-state index in [0.717, 1.165) is 18.5 Å². The lowest BCUT2D eigenvalue weighted by Gasteiger charge is -2.25. The van der Waals surface area contributed by atoms with Crippen molar-refractivity contribution in [3.05, 3.63) is 29.3 Å². The first-order valence-electron chi connectivity index (χ1n) is 5.45. The van der Waals surface area contributed by atoms with E-state index in [1.54, 1.807) is 0 Å². The van der Waals surface area contributed by atoms with Crippen LogP contribution in [-0.4, -0.2) is 27.2 Å². The summed E-state index contributed by atoms with van der Waals surface area (Å²) in [5.41, 5.74) is 3.76. The molecule has 5 nitrogen and oxygen atoms in total. The van der Waals surface area contributed by atoms with E-state index < -0.39 is 0 Å². The van der Waals surface area contributed by atoms with Crippen molar-refractivity contribution in [3.63, 3.8) is 0 Å². The molecule has 1 aliphatic rings. The summed E-state index contributed by atoms with van der Waals surface area (Å²) in [6.45, 7) is 3.20. The van der Waals surface area contributed by atoms with Gasteiger partial charge in [-0.2, -0.15) is 5.21 Å². The third-order valence-electron chi connectivity index (χ3n) is 3.06. The van der Waals surface area contributed by atoms with Gasteiger partial charge >= 0.3 is 0 Å². The van der Waals surface area contributed by atoms with E-state index in [4.69, 9.17) is 0 Å². The van der Waals surface area contributed by atoms with Gasteiger partial charge < -0.3 is 5.32 Å². The third-order valence-corrected chi connectivity index (χ3v) is 3.06. The summed E-state index contributed by atoms with van der Waals surface area (Å²) in [5.74, 6) is 0.674. The van der Waals surface area contributed by atoms with Crippen LogP contribution in [0.25, 0.3) is 11.4 Å². The number of nitrogens with zero attached hydrogens (tertiary/aromatic N) is 3. The zero-order chi connectivity index (χ0) is 11.0. The maximum absolute atomic E-state index is 4.05. The lowest BCUT2D eigenvalue weighted by Crippen LogP contribution is -2.28. The van der Waals surface area contributed by atoms with Gasteiger partial charge in [0, 0.05) is 11.6 Å². The van der Waals surface area contributed by atoms with Gasteiger partial charge in [0.1, 0.15) is 0 Å². The number of aromatic nitrogens is 4. The molecule has 16 heavy (non-hydrogen) atoms. The summed E-state index contributed by atoms with van der Waals surface area (Å²) in [4.78, 5) is 0. The maximum atomic E-state index is 4.05. The number of rotatable bonds is 1. The average Bonchev–Trinajstić information content (AvgIpc) is 2.82. The molecule has 0 bridgehead atoms. The van der Waals surface area contributed by atoms with Crippen LogP contribution in [0, 0.1) is 0 Å². The molecule has 0 aliphatic carbocycles. The normalized spacial score (nSPS) is 19.4. The van der Waals surface area contributed by atoms with E-state index in [1.165, 1.54) is 11.1 Å². The van der Waals surface area contributed by atoms with Crippen molar-refractivity contribution in [2.75, 3.05) is 6.54 Å². The number of benzene rings is 1. The van der Waals surface area contributed by atoms with Gasteiger partial charge in [-0.25, -0.2) is 0 Å². The van der Waals surface area contributed by atoms with Gasteiger partial charge in [0.05, 0.1) is 0 Å². The molecule has 0 saturated heterocycles. The molecule has 2 heterocycles. The van der Waals surface area contributed by atoms with Gasteiger partial charge in [-0.15, -0.1) is 10.2 Å². The molecule has 0 spiro atoms. The van der Waals surface area contributed by atoms with Crippen molar-refractivity contribution in [2.24, 2.45) is 0 Å². The molecule has 1 aliphatic heterocycles. The average molecular weight is 215 g/mol. The Bertz CT molecular complexity index is 491. The Morgan fingerprint density at radius 2 is 2.31 bits per heavy atom. The molecule has 1 aromatic heterocycles. The van der Waals surface area contributed by atoms with Crippen LogP contribution in [0.1, 0.15) is 24.1 Å². The monoisotopic (exact) mass is 215 g/mol. The molecule has 3 rings (SSSR count). The molecular weight excluding hydrogens is 202 g/mol. The lowest BCUT2D eigenvalue weighted by atomic mass is 9.90. The number of aromatic amines is 1. The minimum absolute atomic E-state index is 0.346. The van der Waals surface area contributed by atoms with Gasteiger partial charge in [-0.1, -0.05) is 18.2 Å². The standard InChI is InChI=1S/C11H13N5/c1-7-10-8(5-6-12-7)3-2-4-9(10)11-13-15-16-14-11/h2-4,7,12H,5-6H2,1H3,(H,13,14,15,16). The number of nitrogens with one attached hydrogen (secondary N) is 2. The minimum atomic E-state index is 0.346. The summed E-state index contributed by atoms with van der Waals surface area (Å²) in [6.07, 6.45) is 1.06. The third kappa shape index (κ3) is 1.40. The van der Waals surface area contributed by atoms with E-state index >= 15 is 0 Å². The molecule has 2 aromatic rings. The van der Waals surface area contributed by atoms with Crippen LogP contribution in [0.15, 0.2) is 18.2 Å². The second-order valence-electron chi connectivity index (χ2n) is 4.04. The van der Waals surface area contributed by atoms with Crippen molar-refractivity contribution in [1.29, 1.82) is 0 Å². The Labute approximate surface area is 93.3 Å². The SMILES string of the molecule is CC1NCCc2cccc(-c3nn[nH]n3)c21. The van der Waals surface area contributed by atoms with Crippen LogP contribution >= 0.6 is 0 Å². The molecule has 82 valence electrons. The number of tetrazole rings is 1. The Balaban J connectivity index is 2.19. The second-order valence-corrected chi connectivity index (χ2v) is 4.04. The van der Waals surface area contributed by atoms with Crippen LogP contribution in [-0.2, 0) is 6.42 Å². The van der Waals surface area contributed by atoms with E-state index in [9.17, 15) is 0 Å². The van der Waals surface area contributed by atoms with Gasteiger partial charge in [-0.05, 0) is 36.2 Å². The van der Waals surface area contributed by atoms with Gasteiger partial charge in [0.25, 0.3) is 0 Å². The first kappa shape index (κ1) is 9.47.